The minimum Gasteiger partial charge on any atom is -0.489 e. The summed E-state index contributed by atoms with van der Waals surface area (Å²) >= 11 is 0. The highest BCUT2D eigenvalue weighted by Crippen LogP contribution is 2.17. The highest BCUT2D eigenvalue weighted by atomic mass is 19.1. The number of aromatic nitrogens is 2. The highest BCUT2D eigenvalue weighted by Gasteiger charge is 2.16. The molecule has 0 aliphatic rings. The van der Waals surface area contributed by atoms with E-state index in [0.29, 0.717) is 24.8 Å². The van der Waals surface area contributed by atoms with Crippen molar-refractivity contribution in [2.24, 2.45) is 12.0 Å². The van der Waals surface area contributed by atoms with E-state index in [1.54, 1.807) is 16.8 Å². The van der Waals surface area contributed by atoms with Crippen molar-refractivity contribution in [2.45, 2.75) is 26.0 Å². The van der Waals surface area contributed by atoms with Crippen LogP contribution in [0.2, 0.25) is 0 Å². The van der Waals surface area contributed by atoms with Gasteiger partial charge in [0.25, 0.3) is 0 Å². The molecule has 0 aliphatic heterocycles. The highest BCUT2D eigenvalue weighted by molar-refractivity contribution is 5.79. The van der Waals surface area contributed by atoms with Gasteiger partial charge in [0.15, 0.2) is 5.96 Å². The normalized spacial score (nSPS) is 14.0. The van der Waals surface area contributed by atoms with Gasteiger partial charge < -0.3 is 20.3 Å². The van der Waals surface area contributed by atoms with E-state index in [1.807, 2.05) is 47.4 Å². The number of hydrogen-bond donors (Lipinski definition) is 2. The molecule has 0 fully saturated rings. The van der Waals surface area contributed by atoms with Gasteiger partial charge in [0.1, 0.15) is 17.7 Å². The summed E-state index contributed by atoms with van der Waals surface area (Å²) in [6, 6.07) is 6.29. The summed E-state index contributed by atoms with van der Waals surface area (Å²) in [5.41, 5.74) is 1.12. The standard InChI is InChI=1S/C20H31FN6O/c1-6-22-20(23-11-15(2)28-18-9-7-8-17(21)10-18)24-13-19(26(3)4)16-12-25-27(5)14-16/h7-10,12,14-15,19H,6,11,13H2,1-5H3,(H2,22,23,24). The number of guanidine groups is 1. The van der Waals surface area contributed by atoms with Gasteiger partial charge in [-0.05, 0) is 40.1 Å². The number of aliphatic imine (C=N–C) groups is 1. The van der Waals surface area contributed by atoms with Gasteiger partial charge in [-0.15, -0.1) is 0 Å². The van der Waals surface area contributed by atoms with Crippen LogP contribution in [-0.2, 0) is 7.05 Å². The summed E-state index contributed by atoms with van der Waals surface area (Å²) in [7, 11) is 5.97. The Labute approximate surface area is 166 Å². The first-order chi connectivity index (χ1) is 13.4. The maximum atomic E-state index is 13.3. The smallest absolute Gasteiger partial charge is 0.191 e. The molecule has 1 aromatic carbocycles. The Morgan fingerprint density at radius 1 is 1.36 bits per heavy atom. The monoisotopic (exact) mass is 390 g/mol. The number of benzene rings is 1. The topological polar surface area (TPSA) is 66.7 Å². The van der Waals surface area contributed by atoms with Crippen molar-refractivity contribution in [1.82, 2.24) is 25.3 Å². The van der Waals surface area contributed by atoms with E-state index in [0.717, 1.165) is 12.1 Å². The Morgan fingerprint density at radius 3 is 2.75 bits per heavy atom. The fraction of sp³-hybridized carbons (Fsp3) is 0.500. The van der Waals surface area contributed by atoms with Crippen LogP contribution >= 0.6 is 0 Å². The van der Waals surface area contributed by atoms with Crippen LogP contribution in [0.1, 0.15) is 25.5 Å². The first-order valence-corrected chi connectivity index (χ1v) is 9.48. The number of aryl methyl sites for hydroxylation is 1. The van der Waals surface area contributed by atoms with Crippen LogP contribution in [0.3, 0.4) is 0 Å². The van der Waals surface area contributed by atoms with E-state index >= 15 is 0 Å². The van der Waals surface area contributed by atoms with Crippen molar-refractivity contribution >= 4 is 5.96 Å². The van der Waals surface area contributed by atoms with E-state index in [9.17, 15) is 4.39 Å². The molecule has 2 atom stereocenters. The Hall–Kier alpha value is -2.61. The van der Waals surface area contributed by atoms with E-state index in [4.69, 9.17) is 9.73 Å². The summed E-state index contributed by atoms with van der Waals surface area (Å²) in [4.78, 5) is 6.84. The molecule has 0 saturated heterocycles. The molecule has 2 N–H and O–H groups in total. The van der Waals surface area contributed by atoms with Crippen LogP contribution in [0.4, 0.5) is 4.39 Å². The number of hydrogen-bond acceptors (Lipinski definition) is 4. The molecule has 154 valence electrons. The molecule has 2 rings (SSSR count). The number of nitrogens with one attached hydrogen (secondary N) is 2. The molecule has 0 radical (unpaired) electrons. The average molecular weight is 391 g/mol. The Balaban J connectivity index is 1.95. The SMILES string of the molecule is CCNC(=NCC(c1cnn(C)c1)N(C)C)NCC(C)Oc1cccc(F)c1. The van der Waals surface area contributed by atoms with E-state index in [1.165, 1.54) is 12.1 Å². The number of halogens is 1. The molecule has 8 heteroatoms. The number of likely N-dealkylation sites (N-methyl/N-ethyl adjacent to an activating group) is 1. The van der Waals surface area contributed by atoms with Gasteiger partial charge in [0.2, 0.25) is 0 Å². The zero-order valence-electron chi connectivity index (χ0n) is 17.3. The molecular formula is C20H31FN6O. The van der Waals surface area contributed by atoms with Gasteiger partial charge >= 0.3 is 0 Å². The van der Waals surface area contributed by atoms with Crippen molar-refractivity contribution in [2.75, 3.05) is 33.7 Å². The quantitative estimate of drug-likeness (QED) is 0.508. The van der Waals surface area contributed by atoms with E-state index < -0.39 is 0 Å². The van der Waals surface area contributed by atoms with Crippen LogP contribution < -0.4 is 15.4 Å². The van der Waals surface area contributed by atoms with E-state index in [-0.39, 0.29) is 18.0 Å². The van der Waals surface area contributed by atoms with Crippen molar-refractivity contribution in [1.29, 1.82) is 0 Å². The lowest BCUT2D eigenvalue weighted by molar-refractivity contribution is 0.223. The van der Waals surface area contributed by atoms with Crippen LogP contribution in [0, 0.1) is 5.82 Å². The molecule has 2 aromatic rings. The third-order valence-electron chi connectivity index (χ3n) is 4.19. The van der Waals surface area contributed by atoms with Gasteiger partial charge in [-0.1, -0.05) is 6.07 Å². The number of ether oxygens (including phenoxy) is 1. The lowest BCUT2D eigenvalue weighted by Gasteiger charge is -2.22. The predicted molar refractivity (Wildman–Crippen MR) is 110 cm³/mol. The average Bonchev–Trinajstić information content (AvgIpc) is 3.05. The van der Waals surface area contributed by atoms with Gasteiger partial charge in [0, 0.05) is 31.4 Å². The first-order valence-electron chi connectivity index (χ1n) is 9.48. The van der Waals surface area contributed by atoms with Crippen molar-refractivity contribution < 1.29 is 9.13 Å². The molecule has 1 heterocycles. The molecule has 28 heavy (non-hydrogen) atoms. The lowest BCUT2D eigenvalue weighted by atomic mass is 10.1. The lowest BCUT2D eigenvalue weighted by Crippen LogP contribution is -2.42. The zero-order chi connectivity index (χ0) is 20.5. The molecule has 7 nitrogen and oxygen atoms in total. The van der Waals surface area contributed by atoms with Crippen molar-refractivity contribution in [3.63, 3.8) is 0 Å². The minimum absolute atomic E-state index is 0.130. The number of rotatable bonds is 9. The second kappa shape index (κ2) is 10.7. The van der Waals surface area contributed by atoms with Crippen LogP contribution in [-0.4, -0.2) is 60.5 Å². The molecule has 0 aliphatic carbocycles. The Bertz CT molecular complexity index is 761. The van der Waals surface area contributed by atoms with Gasteiger partial charge in [-0.3, -0.25) is 9.67 Å². The first kappa shape index (κ1) is 21.7. The molecule has 1 aromatic heterocycles. The molecule has 0 saturated carbocycles. The predicted octanol–water partition coefficient (Wildman–Crippen LogP) is 2.18. The summed E-state index contributed by atoms with van der Waals surface area (Å²) in [6.07, 6.45) is 3.74. The Kier molecular flexibility index (Phi) is 8.25. The number of nitrogens with zero attached hydrogens (tertiary/aromatic N) is 4. The maximum Gasteiger partial charge on any atom is 0.191 e. The summed E-state index contributed by atoms with van der Waals surface area (Å²) < 4.78 is 20.8. The Morgan fingerprint density at radius 2 is 2.14 bits per heavy atom. The maximum absolute atomic E-state index is 13.3. The third kappa shape index (κ3) is 6.84. The van der Waals surface area contributed by atoms with Crippen LogP contribution in [0.25, 0.3) is 0 Å². The summed E-state index contributed by atoms with van der Waals surface area (Å²) in [6.45, 7) is 5.84. The molecule has 0 spiro atoms. The molecule has 2 unspecified atom stereocenters. The van der Waals surface area contributed by atoms with Crippen molar-refractivity contribution in [3.05, 3.63) is 48.0 Å². The summed E-state index contributed by atoms with van der Waals surface area (Å²) in [5.74, 6) is 0.922. The fourth-order valence-electron chi connectivity index (χ4n) is 2.75. The van der Waals surface area contributed by atoms with Gasteiger partial charge in [0.05, 0.1) is 25.3 Å². The van der Waals surface area contributed by atoms with Gasteiger partial charge in [-0.2, -0.15) is 5.10 Å². The second-order valence-corrected chi connectivity index (χ2v) is 6.91. The third-order valence-corrected chi connectivity index (χ3v) is 4.19. The largest absolute Gasteiger partial charge is 0.489 e. The zero-order valence-corrected chi connectivity index (χ0v) is 17.3. The van der Waals surface area contributed by atoms with Crippen LogP contribution in [0.15, 0.2) is 41.7 Å². The molecular weight excluding hydrogens is 359 g/mol. The molecule has 0 bridgehead atoms. The fourth-order valence-corrected chi connectivity index (χ4v) is 2.75. The second-order valence-electron chi connectivity index (χ2n) is 6.91. The minimum atomic E-state index is -0.308. The molecule has 0 amide bonds. The van der Waals surface area contributed by atoms with Crippen molar-refractivity contribution in [3.8, 4) is 5.75 Å². The van der Waals surface area contributed by atoms with Crippen LogP contribution in [0.5, 0.6) is 5.75 Å². The summed E-state index contributed by atoms with van der Waals surface area (Å²) in [5, 5.41) is 10.8. The van der Waals surface area contributed by atoms with Gasteiger partial charge in [-0.25, -0.2) is 4.39 Å². The van der Waals surface area contributed by atoms with E-state index in [2.05, 4.69) is 20.6 Å².